The molecule has 4 aromatic rings. The minimum absolute atomic E-state index is 0.145. The highest BCUT2D eigenvalue weighted by Gasteiger charge is 2.15. The lowest BCUT2D eigenvalue weighted by Crippen LogP contribution is -2.35. The first-order chi connectivity index (χ1) is 12.6. The van der Waals surface area contributed by atoms with Crippen molar-refractivity contribution in [3.05, 3.63) is 70.9 Å². The van der Waals surface area contributed by atoms with Gasteiger partial charge in [-0.3, -0.25) is 9.59 Å². The van der Waals surface area contributed by atoms with Crippen LogP contribution in [0, 0.1) is 0 Å². The van der Waals surface area contributed by atoms with E-state index in [0.717, 1.165) is 16.4 Å². The van der Waals surface area contributed by atoms with E-state index in [9.17, 15) is 9.59 Å². The van der Waals surface area contributed by atoms with Crippen LogP contribution < -0.4 is 10.9 Å². The topological polar surface area (TPSA) is 92.7 Å². The summed E-state index contributed by atoms with van der Waals surface area (Å²) >= 11 is 0. The fourth-order valence-corrected chi connectivity index (χ4v) is 2.91. The molecule has 7 heteroatoms. The molecule has 1 unspecified atom stereocenters. The SMILES string of the molecule is CC(NC(=O)Cn1ncc2ccccc2c1=O)c1nc2ccccc2[nH]1. The average Bonchev–Trinajstić information content (AvgIpc) is 3.09. The molecule has 0 radical (unpaired) electrons. The van der Waals surface area contributed by atoms with Gasteiger partial charge in [-0.2, -0.15) is 5.10 Å². The number of amides is 1. The quantitative estimate of drug-likeness (QED) is 0.592. The molecule has 2 N–H and O–H groups in total. The van der Waals surface area contributed by atoms with Gasteiger partial charge in [-0.25, -0.2) is 9.67 Å². The summed E-state index contributed by atoms with van der Waals surface area (Å²) in [6.45, 7) is 1.69. The molecule has 2 heterocycles. The van der Waals surface area contributed by atoms with Crippen molar-refractivity contribution in [2.45, 2.75) is 19.5 Å². The van der Waals surface area contributed by atoms with Crippen molar-refractivity contribution in [3.63, 3.8) is 0 Å². The summed E-state index contributed by atoms with van der Waals surface area (Å²) in [5, 5.41) is 8.23. The van der Waals surface area contributed by atoms with Crippen molar-refractivity contribution in [1.29, 1.82) is 0 Å². The summed E-state index contributed by atoms with van der Waals surface area (Å²) in [4.78, 5) is 32.5. The maximum atomic E-state index is 12.4. The number of imidazole rings is 1. The molecule has 1 amide bonds. The molecule has 0 aliphatic rings. The van der Waals surface area contributed by atoms with Crippen LogP contribution in [0.1, 0.15) is 18.8 Å². The Kier molecular flexibility index (Phi) is 3.96. The van der Waals surface area contributed by atoms with E-state index in [2.05, 4.69) is 20.4 Å². The summed E-state index contributed by atoms with van der Waals surface area (Å²) < 4.78 is 1.17. The number of nitrogens with one attached hydrogen (secondary N) is 2. The summed E-state index contributed by atoms with van der Waals surface area (Å²) in [6.07, 6.45) is 1.59. The number of carbonyl (C=O) groups excluding carboxylic acids is 1. The Labute approximate surface area is 148 Å². The van der Waals surface area contributed by atoms with Gasteiger partial charge in [-0.1, -0.05) is 30.3 Å². The summed E-state index contributed by atoms with van der Waals surface area (Å²) in [5.74, 6) is 0.362. The lowest BCUT2D eigenvalue weighted by molar-refractivity contribution is -0.122. The van der Waals surface area contributed by atoms with Crippen molar-refractivity contribution in [2.24, 2.45) is 0 Å². The van der Waals surface area contributed by atoms with Crippen molar-refractivity contribution >= 4 is 27.7 Å². The highest BCUT2D eigenvalue weighted by Crippen LogP contribution is 2.15. The second kappa shape index (κ2) is 6.44. The Morgan fingerprint density at radius 1 is 1.19 bits per heavy atom. The normalized spacial score (nSPS) is 12.3. The number of rotatable bonds is 4. The Morgan fingerprint density at radius 3 is 2.81 bits per heavy atom. The number of benzene rings is 2. The molecule has 0 aliphatic carbocycles. The number of aromatic nitrogens is 4. The van der Waals surface area contributed by atoms with E-state index in [4.69, 9.17) is 0 Å². The summed E-state index contributed by atoms with van der Waals surface area (Å²) in [6, 6.07) is 14.5. The predicted molar refractivity (Wildman–Crippen MR) is 98.7 cm³/mol. The minimum atomic E-state index is -0.314. The van der Waals surface area contributed by atoms with Gasteiger partial charge in [-0.05, 0) is 25.1 Å². The van der Waals surface area contributed by atoms with Gasteiger partial charge in [-0.15, -0.1) is 0 Å². The van der Waals surface area contributed by atoms with E-state index in [1.165, 1.54) is 4.68 Å². The van der Waals surface area contributed by atoms with Gasteiger partial charge >= 0.3 is 0 Å². The number of para-hydroxylation sites is 2. The third kappa shape index (κ3) is 2.95. The summed E-state index contributed by atoms with van der Waals surface area (Å²) in [7, 11) is 0. The second-order valence-corrected chi connectivity index (χ2v) is 6.12. The van der Waals surface area contributed by atoms with Crippen molar-refractivity contribution in [3.8, 4) is 0 Å². The van der Waals surface area contributed by atoms with E-state index >= 15 is 0 Å². The molecule has 4 rings (SSSR count). The maximum absolute atomic E-state index is 12.4. The van der Waals surface area contributed by atoms with Crippen LogP contribution in [0.3, 0.4) is 0 Å². The van der Waals surface area contributed by atoms with Gasteiger partial charge in [0.15, 0.2) is 0 Å². The van der Waals surface area contributed by atoms with Crippen LogP contribution in [0.2, 0.25) is 0 Å². The number of hydrogen-bond donors (Lipinski definition) is 2. The molecule has 7 nitrogen and oxygen atoms in total. The van der Waals surface area contributed by atoms with Crippen LogP contribution in [-0.4, -0.2) is 25.7 Å². The third-order valence-electron chi connectivity index (χ3n) is 4.25. The van der Waals surface area contributed by atoms with E-state index in [-0.39, 0.29) is 24.1 Å². The molecular weight excluding hydrogens is 330 g/mol. The zero-order valence-electron chi connectivity index (χ0n) is 14.1. The van der Waals surface area contributed by atoms with Crippen LogP contribution >= 0.6 is 0 Å². The average molecular weight is 347 g/mol. The Morgan fingerprint density at radius 2 is 1.96 bits per heavy atom. The molecule has 0 spiro atoms. The zero-order valence-corrected chi connectivity index (χ0v) is 14.1. The van der Waals surface area contributed by atoms with Gasteiger partial charge in [0.05, 0.1) is 28.7 Å². The molecule has 0 bridgehead atoms. The smallest absolute Gasteiger partial charge is 0.275 e. The van der Waals surface area contributed by atoms with E-state index in [1.807, 2.05) is 43.3 Å². The molecule has 0 saturated heterocycles. The lowest BCUT2D eigenvalue weighted by Gasteiger charge is -2.12. The van der Waals surface area contributed by atoms with Crippen molar-refractivity contribution in [2.75, 3.05) is 0 Å². The number of hydrogen-bond acceptors (Lipinski definition) is 4. The molecular formula is C19H17N5O2. The van der Waals surface area contributed by atoms with Crippen molar-refractivity contribution in [1.82, 2.24) is 25.1 Å². The molecule has 26 heavy (non-hydrogen) atoms. The molecule has 2 aromatic carbocycles. The molecule has 2 aromatic heterocycles. The Balaban J connectivity index is 1.51. The first-order valence-electron chi connectivity index (χ1n) is 8.31. The molecule has 0 aliphatic heterocycles. The second-order valence-electron chi connectivity index (χ2n) is 6.12. The van der Waals surface area contributed by atoms with Gasteiger partial charge in [0.2, 0.25) is 5.91 Å². The van der Waals surface area contributed by atoms with E-state index in [0.29, 0.717) is 11.2 Å². The molecule has 1 atom stereocenters. The van der Waals surface area contributed by atoms with Crippen LogP contribution in [0.4, 0.5) is 0 Å². The number of aromatic amines is 1. The monoisotopic (exact) mass is 347 g/mol. The van der Waals surface area contributed by atoms with Gasteiger partial charge in [0.1, 0.15) is 12.4 Å². The predicted octanol–water partition coefficient (Wildman–Crippen LogP) is 2.15. The van der Waals surface area contributed by atoms with Crippen LogP contribution in [-0.2, 0) is 11.3 Å². The van der Waals surface area contributed by atoms with E-state index < -0.39 is 0 Å². The first-order valence-corrected chi connectivity index (χ1v) is 8.31. The van der Waals surface area contributed by atoms with Gasteiger partial charge in [0.25, 0.3) is 5.56 Å². The van der Waals surface area contributed by atoms with Gasteiger partial charge in [0, 0.05) is 5.39 Å². The highest BCUT2D eigenvalue weighted by molar-refractivity contribution is 5.81. The first kappa shape index (κ1) is 16.0. The van der Waals surface area contributed by atoms with Gasteiger partial charge < -0.3 is 10.3 Å². The highest BCUT2D eigenvalue weighted by atomic mass is 16.2. The lowest BCUT2D eigenvalue weighted by atomic mass is 10.2. The molecule has 0 fully saturated rings. The number of fused-ring (bicyclic) bond motifs is 2. The van der Waals surface area contributed by atoms with Crippen LogP contribution in [0.15, 0.2) is 59.5 Å². The minimum Gasteiger partial charge on any atom is -0.345 e. The number of H-pyrrole nitrogens is 1. The standard InChI is InChI=1S/C19H17N5O2/c1-12(18-22-15-8-4-5-9-16(15)23-18)21-17(25)11-24-19(26)14-7-3-2-6-13(14)10-20-24/h2-10,12H,11H2,1H3,(H,21,25)(H,22,23). The van der Waals surface area contributed by atoms with E-state index in [1.54, 1.807) is 18.3 Å². The Bertz CT molecular complexity index is 1130. The van der Waals surface area contributed by atoms with Crippen LogP contribution in [0.25, 0.3) is 21.8 Å². The fraction of sp³-hybridized carbons (Fsp3) is 0.158. The molecule has 0 saturated carbocycles. The summed E-state index contributed by atoms with van der Waals surface area (Å²) in [5.41, 5.74) is 1.47. The zero-order chi connectivity index (χ0) is 18.1. The largest absolute Gasteiger partial charge is 0.345 e. The number of carbonyl (C=O) groups is 1. The fourth-order valence-electron chi connectivity index (χ4n) is 2.91. The third-order valence-corrected chi connectivity index (χ3v) is 4.25. The molecule has 130 valence electrons. The maximum Gasteiger partial charge on any atom is 0.275 e. The number of nitrogens with zero attached hydrogens (tertiary/aromatic N) is 3. The van der Waals surface area contributed by atoms with Crippen LogP contribution in [0.5, 0.6) is 0 Å². The van der Waals surface area contributed by atoms with Crippen molar-refractivity contribution < 1.29 is 4.79 Å². The Hall–Kier alpha value is -3.48.